The third-order valence-corrected chi connectivity index (χ3v) is 3.16. The second kappa shape index (κ2) is 10.2. The van der Waals surface area contributed by atoms with Crippen LogP contribution in [0.25, 0.3) is 0 Å². The zero-order valence-corrected chi connectivity index (χ0v) is 15.3. The molecule has 11 nitrogen and oxygen atoms in total. The van der Waals surface area contributed by atoms with Gasteiger partial charge in [-0.15, -0.1) is 0 Å². The molecule has 0 atom stereocenters. The Morgan fingerprint density at radius 2 is 1.43 bits per heavy atom. The van der Waals surface area contributed by atoms with Gasteiger partial charge >= 0.3 is 0 Å². The zero-order chi connectivity index (χ0) is 21.3. The fourth-order valence-corrected chi connectivity index (χ4v) is 1.88. The van der Waals surface area contributed by atoms with Crippen LogP contribution in [0, 0.1) is 20.2 Å². The Balaban J connectivity index is 0.000000292. The van der Waals surface area contributed by atoms with E-state index in [2.05, 4.69) is 9.97 Å². The number of ketones is 2. The Bertz CT molecular complexity index is 893. The Hall–Kier alpha value is -4.02. The van der Waals surface area contributed by atoms with Crippen molar-refractivity contribution in [2.24, 2.45) is 0 Å². The third kappa shape index (κ3) is 6.37. The van der Waals surface area contributed by atoms with Crippen molar-refractivity contribution in [2.75, 3.05) is 14.1 Å². The molecule has 2 aromatic heterocycles. The van der Waals surface area contributed by atoms with Crippen LogP contribution in [0.4, 0.5) is 11.4 Å². The summed E-state index contributed by atoms with van der Waals surface area (Å²) in [5.74, 6) is -0.744. The van der Waals surface area contributed by atoms with E-state index in [1.165, 1.54) is 43.7 Å². The number of allylic oxidation sites excluding steroid dienone is 1. The van der Waals surface area contributed by atoms with Gasteiger partial charge in [0.1, 0.15) is 18.0 Å². The van der Waals surface area contributed by atoms with E-state index in [9.17, 15) is 29.8 Å². The highest BCUT2D eigenvalue weighted by Crippen LogP contribution is 2.17. The molecule has 2 heterocycles. The number of pyridine rings is 2. The lowest BCUT2D eigenvalue weighted by Crippen LogP contribution is -2.05. The highest BCUT2D eigenvalue weighted by molar-refractivity contribution is 6.07. The monoisotopic (exact) mass is 387 g/mol. The molecule has 0 N–H and O–H groups in total. The van der Waals surface area contributed by atoms with E-state index in [-0.39, 0.29) is 28.3 Å². The van der Waals surface area contributed by atoms with Crippen molar-refractivity contribution in [1.82, 2.24) is 14.9 Å². The first-order chi connectivity index (χ1) is 13.1. The maximum Gasteiger partial charge on any atom is 0.298 e. The maximum absolute atomic E-state index is 11.6. The van der Waals surface area contributed by atoms with Gasteiger partial charge in [-0.3, -0.25) is 39.8 Å². The lowest BCUT2D eigenvalue weighted by Gasteiger charge is -2.02. The number of carbonyl (C=O) groups is 2. The molecular weight excluding hydrogens is 370 g/mol. The highest BCUT2D eigenvalue weighted by Gasteiger charge is 2.18. The number of aromatic nitrogens is 2. The summed E-state index contributed by atoms with van der Waals surface area (Å²) in [5.41, 5.74) is -0.394. The van der Waals surface area contributed by atoms with Crippen molar-refractivity contribution in [3.63, 3.8) is 0 Å². The first-order valence-corrected chi connectivity index (χ1v) is 7.71. The topological polar surface area (TPSA) is 149 Å². The summed E-state index contributed by atoms with van der Waals surface area (Å²) >= 11 is 0. The van der Waals surface area contributed by atoms with E-state index >= 15 is 0 Å². The van der Waals surface area contributed by atoms with Crippen molar-refractivity contribution >= 4 is 22.9 Å². The van der Waals surface area contributed by atoms with E-state index < -0.39 is 15.6 Å². The lowest BCUT2D eigenvalue weighted by molar-refractivity contribution is -0.385. The molecule has 0 radical (unpaired) electrons. The van der Waals surface area contributed by atoms with Crippen molar-refractivity contribution in [2.45, 2.75) is 6.92 Å². The van der Waals surface area contributed by atoms with Gasteiger partial charge in [-0.2, -0.15) is 0 Å². The fourth-order valence-electron chi connectivity index (χ4n) is 1.88. The summed E-state index contributed by atoms with van der Waals surface area (Å²) in [6, 6.07) is 2.67. The van der Waals surface area contributed by atoms with E-state index in [4.69, 9.17) is 0 Å². The van der Waals surface area contributed by atoms with Gasteiger partial charge in [-0.1, -0.05) is 0 Å². The molecule has 28 heavy (non-hydrogen) atoms. The standard InChI is InChI=1S/C10H11N3O3.C7H6N2O3/c1-12(2)6-4-10(14)8-3-5-11-7-9(8)13(15)16;1-5(10)6-2-3-8-4-7(6)9(11)12/h3-7H,1-2H3;2-4H,1H3/b6-4+;. The van der Waals surface area contributed by atoms with E-state index in [1.54, 1.807) is 19.0 Å². The minimum Gasteiger partial charge on any atom is -0.383 e. The summed E-state index contributed by atoms with van der Waals surface area (Å²) in [5, 5.41) is 21.0. The molecule has 0 aliphatic heterocycles. The molecule has 0 unspecified atom stereocenters. The number of carbonyl (C=O) groups excluding carboxylic acids is 2. The predicted octanol–water partition coefficient (Wildman–Crippen LogP) is 2.44. The molecule has 2 aromatic rings. The van der Waals surface area contributed by atoms with Gasteiger partial charge in [0.15, 0.2) is 11.6 Å². The summed E-state index contributed by atoms with van der Waals surface area (Å²) < 4.78 is 0. The van der Waals surface area contributed by atoms with E-state index in [1.807, 2.05) is 0 Å². The second-order valence-corrected chi connectivity index (χ2v) is 5.50. The SMILES string of the molecule is CC(=O)c1ccncc1[N+](=O)[O-].CN(C)/C=C/C(=O)c1ccncc1[N+](=O)[O-]. The van der Waals surface area contributed by atoms with E-state index in [0.717, 1.165) is 12.4 Å². The summed E-state index contributed by atoms with van der Waals surface area (Å²) in [6.45, 7) is 1.28. The minimum atomic E-state index is -0.621. The Kier molecular flexibility index (Phi) is 8.03. The van der Waals surface area contributed by atoms with Gasteiger partial charge < -0.3 is 4.90 Å². The molecule has 0 aromatic carbocycles. The van der Waals surface area contributed by atoms with Crippen molar-refractivity contribution < 1.29 is 19.4 Å². The van der Waals surface area contributed by atoms with Gasteiger partial charge in [-0.25, -0.2) is 0 Å². The first-order valence-electron chi connectivity index (χ1n) is 7.71. The molecule has 0 amide bonds. The van der Waals surface area contributed by atoms with Crippen LogP contribution in [0.1, 0.15) is 27.6 Å². The third-order valence-electron chi connectivity index (χ3n) is 3.16. The number of hydrogen-bond donors (Lipinski definition) is 0. The molecule has 0 fully saturated rings. The number of Topliss-reactive ketones (excluding diaryl/α,β-unsaturated/α-hetero) is 1. The molecule has 0 spiro atoms. The van der Waals surface area contributed by atoms with Crippen LogP contribution in [-0.2, 0) is 0 Å². The van der Waals surface area contributed by atoms with Gasteiger partial charge in [0.25, 0.3) is 11.4 Å². The Morgan fingerprint density at radius 1 is 0.964 bits per heavy atom. The van der Waals surface area contributed by atoms with Crippen LogP contribution >= 0.6 is 0 Å². The van der Waals surface area contributed by atoms with Gasteiger partial charge in [-0.05, 0) is 19.1 Å². The molecule has 11 heteroatoms. The highest BCUT2D eigenvalue weighted by atomic mass is 16.6. The van der Waals surface area contributed by atoms with Crippen molar-refractivity contribution in [1.29, 1.82) is 0 Å². The number of hydrogen-bond acceptors (Lipinski definition) is 9. The van der Waals surface area contributed by atoms with Crippen LogP contribution in [0.2, 0.25) is 0 Å². The fraction of sp³-hybridized carbons (Fsp3) is 0.176. The largest absolute Gasteiger partial charge is 0.383 e. The smallest absolute Gasteiger partial charge is 0.298 e. The summed E-state index contributed by atoms with van der Waals surface area (Å²) in [6.07, 6.45) is 7.65. The normalized spacial score (nSPS) is 9.96. The maximum atomic E-state index is 11.6. The van der Waals surface area contributed by atoms with E-state index in [0.29, 0.717) is 0 Å². The molecule has 146 valence electrons. The Morgan fingerprint density at radius 3 is 1.82 bits per heavy atom. The molecule has 0 aliphatic rings. The number of nitrogens with zero attached hydrogens (tertiary/aromatic N) is 5. The number of nitro groups is 2. The van der Waals surface area contributed by atoms with Crippen LogP contribution < -0.4 is 0 Å². The number of rotatable bonds is 6. The molecule has 2 rings (SSSR count). The van der Waals surface area contributed by atoms with Gasteiger partial charge in [0, 0.05) is 38.8 Å². The van der Waals surface area contributed by atoms with Crippen LogP contribution in [-0.4, -0.2) is 50.4 Å². The van der Waals surface area contributed by atoms with Gasteiger partial charge in [0.2, 0.25) is 0 Å². The molecule has 0 saturated carbocycles. The van der Waals surface area contributed by atoms with Crippen LogP contribution in [0.3, 0.4) is 0 Å². The quantitative estimate of drug-likeness (QED) is 0.315. The average Bonchev–Trinajstić information content (AvgIpc) is 2.66. The van der Waals surface area contributed by atoms with Crippen LogP contribution in [0.15, 0.2) is 49.2 Å². The van der Waals surface area contributed by atoms with Gasteiger partial charge in [0.05, 0.1) is 15.4 Å². The molecule has 0 bridgehead atoms. The lowest BCUT2D eigenvalue weighted by atomic mass is 10.1. The zero-order valence-electron chi connectivity index (χ0n) is 15.3. The molecular formula is C17H17N5O6. The molecule has 0 saturated heterocycles. The predicted molar refractivity (Wildman–Crippen MR) is 98.9 cm³/mol. The average molecular weight is 387 g/mol. The van der Waals surface area contributed by atoms with Crippen molar-refractivity contribution in [3.05, 3.63) is 80.6 Å². The molecule has 0 aliphatic carbocycles. The Labute approximate surface area is 159 Å². The summed E-state index contributed by atoms with van der Waals surface area (Å²) in [7, 11) is 3.51. The summed E-state index contributed by atoms with van der Waals surface area (Å²) in [4.78, 5) is 51.0. The second-order valence-electron chi connectivity index (χ2n) is 5.50. The first kappa shape index (κ1) is 22.0. The van der Waals surface area contributed by atoms with Crippen LogP contribution in [0.5, 0.6) is 0 Å². The minimum absolute atomic E-state index is 0.0399. The van der Waals surface area contributed by atoms with Crippen molar-refractivity contribution in [3.8, 4) is 0 Å².